The average molecular weight is 236 g/mol. The largest absolute Gasteiger partial charge is 0.380 e. The van der Waals surface area contributed by atoms with Crippen LogP contribution >= 0.6 is 0 Å². The van der Waals surface area contributed by atoms with E-state index < -0.39 is 0 Å². The number of methoxy groups -OCH3 is 1. The summed E-state index contributed by atoms with van der Waals surface area (Å²) in [4.78, 5) is 11.0. The van der Waals surface area contributed by atoms with E-state index in [4.69, 9.17) is 4.74 Å². The normalized spacial score (nSPS) is 19.6. The first kappa shape index (κ1) is 12.1. The monoisotopic (exact) mass is 236 g/mol. The Morgan fingerprint density at radius 3 is 3.12 bits per heavy atom. The van der Waals surface area contributed by atoms with Gasteiger partial charge in [0.25, 0.3) is 0 Å². The topological polar surface area (TPSA) is 50.3 Å². The summed E-state index contributed by atoms with van der Waals surface area (Å²) in [5, 5.41) is 3.25. The van der Waals surface area contributed by atoms with Crippen molar-refractivity contribution in [1.82, 2.24) is 9.97 Å². The van der Waals surface area contributed by atoms with Gasteiger partial charge in [0.15, 0.2) is 0 Å². The Bertz CT molecular complexity index is 358. The fraction of sp³-hybridized carbons (Fsp3) is 0.667. The number of hydrogen-bond donors (Lipinski definition) is 1. The van der Waals surface area contributed by atoms with Gasteiger partial charge in [-0.1, -0.05) is 6.92 Å². The molecule has 1 aliphatic heterocycles. The highest BCUT2D eigenvalue weighted by molar-refractivity contribution is 5.44. The third-order valence-electron chi connectivity index (χ3n) is 2.98. The molecule has 94 valence electrons. The predicted octanol–water partition coefficient (Wildman–Crippen LogP) is 1.52. The number of hydrogen-bond acceptors (Lipinski definition) is 5. The van der Waals surface area contributed by atoms with Gasteiger partial charge in [-0.15, -0.1) is 0 Å². The summed E-state index contributed by atoms with van der Waals surface area (Å²) in [6, 6.07) is 0. The van der Waals surface area contributed by atoms with Gasteiger partial charge in [-0.2, -0.15) is 0 Å². The Hall–Kier alpha value is -1.36. The molecule has 5 heteroatoms. The number of nitrogens with zero attached hydrogens (tertiary/aromatic N) is 3. The van der Waals surface area contributed by atoms with Crippen LogP contribution in [0.5, 0.6) is 0 Å². The van der Waals surface area contributed by atoms with Gasteiger partial charge < -0.3 is 15.0 Å². The molecule has 2 heterocycles. The van der Waals surface area contributed by atoms with Crippen molar-refractivity contribution in [2.45, 2.75) is 25.9 Å². The molecule has 0 spiro atoms. The van der Waals surface area contributed by atoms with Crippen molar-refractivity contribution in [3.8, 4) is 0 Å². The summed E-state index contributed by atoms with van der Waals surface area (Å²) in [5.41, 5.74) is 0. The zero-order valence-electron chi connectivity index (χ0n) is 10.5. The quantitative estimate of drug-likeness (QED) is 0.840. The lowest BCUT2D eigenvalue weighted by atomic mass is 10.3. The molecule has 1 unspecified atom stereocenters. The molecular formula is C12H20N4O. The number of aromatic nitrogens is 2. The minimum atomic E-state index is 0.323. The van der Waals surface area contributed by atoms with Gasteiger partial charge in [-0.25, -0.2) is 4.98 Å². The lowest BCUT2D eigenvalue weighted by molar-refractivity contribution is 0.121. The second-order valence-electron chi connectivity index (χ2n) is 4.28. The summed E-state index contributed by atoms with van der Waals surface area (Å²) in [5.74, 6) is 1.79. The third kappa shape index (κ3) is 3.06. The predicted molar refractivity (Wildman–Crippen MR) is 68.4 cm³/mol. The van der Waals surface area contributed by atoms with Crippen molar-refractivity contribution < 1.29 is 4.74 Å². The van der Waals surface area contributed by atoms with Crippen LogP contribution in [0, 0.1) is 0 Å². The lowest BCUT2D eigenvalue weighted by Gasteiger charge is -2.17. The van der Waals surface area contributed by atoms with Crippen molar-refractivity contribution in [3.05, 3.63) is 12.4 Å². The first-order valence-electron chi connectivity index (χ1n) is 6.17. The van der Waals surface area contributed by atoms with Crippen LogP contribution in [0.1, 0.15) is 19.8 Å². The second kappa shape index (κ2) is 5.82. The molecule has 0 aliphatic carbocycles. The van der Waals surface area contributed by atoms with Gasteiger partial charge in [-0.3, -0.25) is 4.98 Å². The van der Waals surface area contributed by atoms with Crippen molar-refractivity contribution in [3.63, 3.8) is 0 Å². The van der Waals surface area contributed by atoms with E-state index in [1.54, 1.807) is 13.3 Å². The van der Waals surface area contributed by atoms with E-state index in [0.717, 1.165) is 44.1 Å². The van der Waals surface area contributed by atoms with Crippen LogP contribution in [0.4, 0.5) is 11.6 Å². The number of nitrogens with one attached hydrogen (secondary N) is 1. The van der Waals surface area contributed by atoms with Crippen LogP contribution in [-0.2, 0) is 4.74 Å². The van der Waals surface area contributed by atoms with E-state index in [1.807, 2.05) is 6.20 Å². The molecule has 1 fully saturated rings. The van der Waals surface area contributed by atoms with Gasteiger partial charge >= 0.3 is 0 Å². The fourth-order valence-corrected chi connectivity index (χ4v) is 1.97. The van der Waals surface area contributed by atoms with E-state index in [-0.39, 0.29) is 0 Å². The zero-order chi connectivity index (χ0) is 12.1. The Morgan fingerprint density at radius 1 is 1.53 bits per heavy atom. The minimum absolute atomic E-state index is 0.323. The molecule has 1 aromatic rings. The van der Waals surface area contributed by atoms with Crippen molar-refractivity contribution in [2.24, 2.45) is 0 Å². The Morgan fingerprint density at radius 2 is 2.41 bits per heavy atom. The second-order valence-corrected chi connectivity index (χ2v) is 4.28. The van der Waals surface area contributed by atoms with Gasteiger partial charge in [0.1, 0.15) is 11.6 Å². The number of ether oxygens (including phenoxy) is 1. The van der Waals surface area contributed by atoms with E-state index in [0.29, 0.717) is 6.10 Å². The smallest absolute Gasteiger partial charge is 0.149 e. The molecular weight excluding hydrogens is 216 g/mol. The van der Waals surface area contributed by atoms with Gasteiger partial charge in [0.05, 0.1) is 18.5 Å². The lowest BCUT2D eigenvalue weighted by Crippen LogP contribution is -2.23. The van der Waals surface area contributed by atoms with Crippen molar-refractivity contribution in [1.29, 1.82) is 0 Å². The molecule has 1 aliphatic rings. The summed E-state index contributed by atoms with van der Waals surface area (Å²) in [6.45, 7) is 4.96. The maximum absolute atomic E-state index is 5.35. The first-order valence-corrected chi connectivity index (χ1v) is 6.17. The van der Waals surface area contributed by atoms with Crippen LogP contribution in [0.2, 0.25) is 0 Å². The van der Waals surface area contributed by atoms with Crippen LogP contribution < -0.4 is 10.2 Å². The molecule has 17 heavy (non-hydrogen) atoms. The summed E-state index contributed by atoms with van der Waals surface area (Å²) in [6.07, 6.45) is 6.05. The van der Waals surface area contributed by atoms with E-state index in [2.05, 4.69) is 27.1 Å². The van der Waals surface area contributed by atoms with Crippen LogP contribution in [0.3, 0.4) is 0 Å². The average Bonchev–Trinajstić information content (AvgIpc) is 2.85. The molecule has 1 aromatic heterocycles. The highest BCUT2D eigenvalue weighted by atomic mass is 16.5. The van der Waals surface area contributed by atoms with Gasteiger partial charge in [-0.05, 0) is 12.8 Å². The summed E-state index contributed by atoms with van der Waals surface area (Å²) < 4.78 is 5.35. The Labute approximate surface area is 102 Å². The van der Waals surface area contributed by atoms with Gasteiger partial charge in [0, 0.05) is 26.7 Å². The Balaban J connectivity index is 2.01. The Kier molecular flexibility index (Phi) is 4.14. The molecule has 0 saturated carbocycles. The number of rotatable bonds is 5. The molecule has 1 N–H and O–H groups in total. The highest BCUT2D eigenvalue weighted by Crippen LogP contribution is 2.19. The molecule has 1 atom stereocenters. The fourth-order valence-electron chi connectivity index (χ4n) is 1.97. The number of anilines is 2. The maximum Gasteiger partial charge on any atom is 0.149 e. The molecule has 1 saturated heterocycles. The molecule has 0 aromatic carbocycles. The van der Waals surface area contributed by atoms with E-state index in [9.17, 15) is 0 Å². The summed E-state index contributed by atoms with van der Waals surface area (Å²) in [7, 11) is 1.76. The summed E-state index contributed by atoms with van der Waals surface area (Å²) >= 11 is 0. The van der Waals surface area contributed by atoms with Crippen LogP contribution in [0.15, 0.2) is 12.4 Å². The molecule has 0 bridgehead atoms. The van der Waals surface area contributed by atoms with E-state index >= 15 is 0 Å². The van der Waals surface area contributed by atoms with Crippen molar-refractivity contribution in [2.75, 3.05) is 37.0 Å². The molecule has 5 nitrogen and oxygen atoms in total. The van der Waals surface area contributed by atoms with Crippen molar-refractivity contribution >= 4 is 11.6 Å². The zero-order valence-corrected chi connectivity index (χ0v) is 10.5. The maximum atomic E-state index is 5.35. The molecule has 0 amide bonds. The third-order valence-corrected chi connectivity index (χ3v) is 2.98. The standard InChI is InChI=1S/C12H20N4O/c1-3-5-14-11-7-13-8-12(15-11)16-6-4-10(9-16)17-2/h7-8,10H,3-6,9H2,1-2H3,(H,14,15). The SMILES string of the molecule is CCCNc1cncc(N2CCC(OC)C2)n1. The van der Waals surface area contributed by atoms with E-state index in [1.165, 1.54) is 0 Å². The molecule has 0 radical (unpaired) electrons. The van der Waals surface area contributed by atoms with Crippen LogP contribution in [0.25, 0.3) is 0 Å². The minimum Gasteiger partial charge on any atom is -0.380 e. The first-order chi connectivity index (χ1) is 8.33. The highest BCUT2D eigenvalue weighted by Gasteiger charge is 2.23. The van der Waals surface area contributed by atoms with Gasteiger partial charge in [0.2, 0.25) is 0 Å². The molecule has 2 rings (SSSR count). The van der Waals surface area contributed by atoms with Crippen LogP contribution in [-0.4, -0.2) is 42.8 Å².